The van der Waals surface area contributed by atoms with Crippen LogP contribution in [0, 0.1) is 4.84 Å². The van der Waals surface area contributed by atoms with Crippen LogP contribution in [0.2, 0.25) is 0 Å². The highest BCUT2D eigenvalue weighted by atomic mass is 32.1. The van der Waals surface area contributed by atoms with Crippen molar-refractivity contribution in [1.29, 1.82) is 0 Å². The van der Waals surface area contributed by atoms with Crippen molar-refractivity contribution in [3.8, 4) is 0 Å². The van der Waals surface area contributed by atoms with Crippen LogP contribution in [0.5, 0.6) is 0 Å². The molecular weight excluding hydrogens is 188 g/mol. The van der Waals surface area contributed by atoms with Gasteiger partial charge in [-0.3, -0.25) is 0 Å². The number of ether oxygens (including phenoxy) is 1. The number of nitrogens with zero attached hydrogens (tertiary/aromatic N) is 1. The van der Waals surface area contributed by atoms with Crippen molar-refractivity contribution in [2.75, 3.05) is 7.11 Å². The Labute approximate surface area is 82.3 Å². The molecule has 1 N–H and O–H groups in total. The van der Waals surface area contributed by atoms with Gasteiger partial charge in [-0.15, -0.1) is 0 Å². The third-order valence-electron chi connectivity index (χ3n) is 2.40. The number of hydrogen-bond donors (Lipinski definition) is 1. The van der Waals surface area contributed by atoms with Gasteiger partial charge in [0.05, 0.1) is 0 Å². The Bertz CT molecular complexity index is 306. The Morgan fingerprint density at radius 1 is 1.54 bits per heavy atom. The van der Waals surface area contributed by atoms with Crippen LogP contribution in [0.3, 0.4) is 0 Å². The average Bonchev–Trinajstić information content (AvgIpc) is 2.57. The number of methoxy groups -OCH3 is 1. The lowest BCUT2D eigenvalue weighted by molar-refractivity contribution is -0.0306. The van der Waals surface area contributed by atoms with E-state index in [-0.39, 0.29) is 10.4 Å². The molecule has 0 aliphatic heterocycles. The molecule has 0 saturated heterocycles. The highest BCUT2D eigenvalue weighted by molar-refractivity contribution is 7.71. The minimum Gasteiger partial charge on any atom is -0.370 e. The summed E-state index contributed by atoms with van der Waals surface area (Å²) in [6.45, 7) is 4.08. The third-order valence-corrected chi connectivity index (χ3v) is 2.58. The Balaban J connectivity index is 3.07. The molecule has 0 fully saturated rings. The molecule has 0 aromatic carbocycles. The van der Waals surface area contributed by atoms with Crippen LogP contribution in [0.1, 0.15) is 32.5 Å². The zero-order valence-corrected chi connectivity index (χ0v) is 8.90. The van der Waals surface area contributed by atoms with Gasteiger partial charge in [0.25, 0.3) is 0 Å². The molecule has 0 spiro atoms. The molecule has 0 unspecified atom stereocenters. The van der Waals surface area contributed by atoms with Crippen LogP contribution in [-0.4, -0.2) is 17.3 Å². The SMILES string of the molecule is CCC(CC)(OC)c1nc(=S)o[nH]1. The molecule has 1 aromatic rings. The Hall–Kier alpha value is -0.680. The fourth-order valence-electron chi connectivity index (χ4n) is 1.39. The molecule has 0 amide bonds. The lowest BCUT2D eigenvalue weighted by atomic mass is 9.96. The summed E-state index contributed by atoms with van der Waals surface area (Å²) in [5.74, 6) is 0.671. The molecule has 0 atom stereocenters. The fourth-order valence-corrected chi connectivity index (χ4v) is 1.53. The number of aromatic nitrogens is 2. The summed E-state index contributed by atoms with van der Waals surface area (Å²) in [5.41, 5.74) is -0.388. The molecular formula is C8H14N2O2S. The molecule has 0 bridgehead atoms. The second kappa shape index (κ2) is 4.02. The van der Waals surface area contributed by atoms with E-state index in [0.29, 0.717) is 5.82 Å². The van der Waals surface area contributed by atoms with E-state index in [1.165, 1.54) is 0 Å². The van der Waals surface area contributed by atoms with E-state index >= 15 is 0 Å². The summed E-state index contributed by atoms with van der Waals surface area (Å²) in [5, 5.41) is 2.68. The maximum absolute atomic E-state index is 5.44. The smallest absolute Gasteiger partial charge is 0.314 e. The average molecular weight is 202 g/mol. The van der Waals surface area contributed by atoms with E-state index in [1.807, 2.05) is 13.8 Å². The second-order valence-electron chi connectivity index (χ2n) is 2.84. The molecule has 1 aromatic heterocycles. The topological polar surface area (TPSA) is 51.1 Å². The minimum absolute atomic E-state index is 0.221. The zero-order chi connectivity index (χ0) is 9.90. The van der Waals surface area contributed by atoms with E-state index in [9.17, 15) is 0 Å². The van der Waals surface area contributed by atoms with Crippen molar-refractivity contribution < 1.29 is 9.26 Å². The molecule has 1 heterocycles. The molecule has 1 rings (SSSR count). The van der Waals surface area contributed by atoms with Crippen LogP contribution < -0.4 is 0 Å². The van der Waals surface area contributed by atoms with Crippen LogP contribution in [-0.2, 0) is 10.3 Å². The molecule has 0 aliphatic carbocycles. The number of H-pyrrole nitrogens is 1. The van der Waals surface area contributed by atoms with Crippen molar-refractivity contribution >= 4 is 12.2 Å². The van der Waals surface area contributed by atoms with Crippen molar-refractivity contribution in [3.05, 3.63) is 10.7 Å². The van der Waals surface area contributed by atoms with Crippen LogP contribution in [0.25, 0.3) is 0 Å². The second-order valence-corrected chi connectivity index (χ2v) is 3.19. The fraction of sp³-hybridized carbons (Fsp3) is 0.750. The summed E-state index contributed by atoms with van der Waals surface area (Å²) in [4.78, 5) is 4.28. The summed E-state index contributed by atoms with van der Waals surface area (Å²) in [6, 6.07) is 0. The number of hydrogen-bond acceptors (Lipinski definition) is 4. The van der Waals surface area contributed by atoms with Gasteiger partial charge in [0.1, 0.15) is 5.60 Å². The normalized spacial score (nSPS) is 11.9. The Morgan fingerprint density at radius 3 is 2.46 bits per heavy atom. The third kappa shape index (κ3) is 1.81. The Morgan fingerprint density at radius 2 is 2.15 bits per heavy atom. The van der Waals surface area contributed by atoms with Gasteiger partial charge in [0.2, 0.25) is 0 Å². The van der Waals surface area contributed by atoms with E-state index < -0.39 is 0 Å². The van der Waals surface area contributed by atoms with Gasteiger partial charge < -0.3 is 9.26 Å². The van der Waals surface area contributed by atoms with E-state index in [1.54, 1.807) is 7.11 Å². The predicted molar refractivity (Wildman–Crippen MR) is 51.0 cm³/mol. The molecule has 0 radical (unpaired) electrons. The van der Waals surface area contributed by atoms with Gasteiger partial charge in [-0.25, -0.2) is 5.16 Å². The first-order chi connectivity index (χ1) is 6.18. The van der Waals surface area contributed by atoms with E-state index in [2.05, 4.69) is 10.1 Å². The summed E-state index contributed by atoms with van der Waals surface area (Å²) < 4.78 is 10.3. The highest BCUT2D eigenvalue weighted by Crippen LogP contribution is 2.29. The van der Waals surface area contributed by atoms with Gasteiger partial charge in [-0.05, 0) is 25.1 Å². The summed E-state index contributed by atoms with van der Waals surface area (Å²) in [7, 11) is 1.67. The molecule has 13 heavy (non-hydrogen) atoms. The van der Waals surface area contributed by atoms with E-state index in [0.717, 1.165) is 12.8 Å². The van der Waals surface area contributed by atoms with E-state index in [4.69, 9.17) is 21.5 Å². The first-order valence-corrected chi connectivity index (χ1v) is 4.70. The number of nitrogens with one attached hydrogen (secondary N) is 1. The summed E-state index contributed by atoms with van der Waals surface area (Å²) >= 11 is 4.78. The quantitative estimate of drug-likeness (QED) is 0.762. The molecule has 74 valence electrons. The first kappa shape index (κ1) is 10.4. The van der Waals surface area contributed by atoms with Gasteiger partial charge in [-0.1, -0.05) is 13.8 Å². The summed E-state index contributed by atoms with van der Waals surface area (Å²) in [6.07, 6.45) is 1.66. The van der Waals surface area contributed by atoms with Crippen LogP contribution in [0.15, 0.2) is 4.52 Å². The lowest BCUT2D eigenvalue weighted by Crippen LogP contribution is -2.28. The lowest BCUT2D eigenvalue weighted by Gasteiger charge is -2.26. The van der Waals surface area contributed by atoms with Crippen LogP contribution in [0.4, 0.5) is 0 Å². The maximum atomic E-state index is 5.44. The van der Waals surface area contributed by atoms with Gasteiger partial charge in [-0.2, -0.15) is 4.98 Å². The Kier molecular flexibility index (Phi) is 3.22. The molecule has 5 heteroatoms. The maximum Gasteiger partial charge on any atom is 0.314 e. The standard InChI is InChI=1S/C8H14N2O2S/c1-4-8(5-2,11-3)6-9-7(13)12-10-6/h4-5H2,1-3H3,(H,9,10,13). The predicted octanol–water partition coefficient (Wildman–Crippen LogP) is 2.39. The number of aromatic amines is 1. The monoisotopic (exact) mass is 202 g/mol. The van der Waals surface area contributed by atoms with Crippen molar-refractivity contribution in [3.63, 3.8) is 0 Å². The number of rotatable bonds is 4. The molecule has 0 saturated carbocycles. The highest BCUT2D eigenvalue weighted by Gasteiger charge is 2.31. The zero-order valence-electron chi connectivity index (χ0n) is 8.09. The van der Waals surface area contributed by atoms with Crippen molar-refractivity contribution in [2.45, 2.75) is 32.3 Å². The molecule has 4 nitrogen and oxygen atoms in total. The van der Waals surface area contributed by atoms with Gasteiger partial charge in [0.15, 0.2) is 5.82 Å². The minimum atomic E-state index is -0.388. The van der Waals surface area contributed by atoms with Crippen molar-refractivity contribution in [1.82, 2.24) is 10.1 Å². The van der Waals surface area contributed by atoms with Crippen molar-refractivity contribution in [2.24, 2.45) is 0 Å². The van der Waals surface area contributed by atoms with Gasteiger partial charge in [0, 0.05) is 7.11 Å². The van der Waals surface area contributed by atoms with Crippen LogP contribution >= 0.6 is 12.2 Å². The molecule has 0 aliphatic rings. The first-order valence-electron chi connectivity index (χ1n) is 4.29. The van der Waals surface area contributed by atoms with Gasteiger partial charge >= 0.3 is 4.84 Å². The largest absolute Gasteiger partial charge is 0.370 e.